The lowest BCUT2D eigenvalue weighted by Crippen LogP contribution is -2.03. The van der Waals surface area contributed by atoms with Crippen molar-refractivity contribution in [3.8, 4) is 0 Å². The number of aromatic amines is 2. The molecule has 0 saturated heterocycles. The van der Waals surface area contributed by atoms with Crippen molar-refractivity contribution >= 4 is 46.7 Å². The summed E-state index contributed by atoms with van der Waals surface area (Å²) in [6.07, 6.45) is 3.59. The summed E-state index contributed by atoms with van der Waals surface area (Å²) >= 11 is 5.90. The molecule has 5 nitrogen and oxygen atoms in total. The lowest BCUT2D eigenvalue weighted by Gasteiger charge is -2.05. The largest absolute Gasteiger partial charge is 0.340 e. The Labute approximate surface area is 142 Å². The normalized spacial score (nSPS) is 14.1. The average Bonchev–Trinajstić information content (AvgIpc) is 3.16. The smallest absolute Gasteiger partial charge is 0.273 e. The number of hydrogen-bond donors (Lipinski definition) is 3. The molecule has 3 aromatic rings. The molecule has 2 heterocycles. The van der Waals surface area contributed by atoms with E-state index in [1.54, 1.807) is 18.3 Å². The van der Waals surface area contributed by atoms with E-state index in [0.717, 1.165) is 22.5 Å². The van der Waals surface area contributed by atoms with Crippen LogP contribution in [0.25, 0.3) is 11.6 Å². The minimum absolute atomic E-state index is 0.197. The van der Waals surface area contributed by atoms with Crippen LogP contribution in [-0.2, 0) is 0 Å². The van der Waals surface area contributed by atoms with Crippen molar-refractivity contribution in [1.29, 1.82) is 0 Å². The van der Waals surface area contributed by atoms with Crippen LogP contribution in [-0.4, -0.2) is 16.4 Å². The predicted octanol–water partition coefficient (Wildman–Crippen LogP) is 4.36. The third-order valence-electron chi connectivity index (χ3n) is 3.79. The maximum absolute atomic E-state index is 12.1. The van der Waals surface area contributed by atoms with Crippen molar-refractivity contribution in [2.45, 2.75) is 0 Å². The molecule has 0 aliphatic carbocycles. The number of H-pyrrole nitrogens is 2. The van der Waals surface area contributed by atoms with Crippen LogP contribution >= 0.6 is 11.6 Å². The van der Waals surface area contributed by atoms with Crippen LogP contribution in [0.1, 0.15) is 11.1 Å². The highest BCUT2D eigenvalue weighted by Gasteiger charge is 2.14. The third-order valence-corrected chi connectivity index (χ3v) is 4.04. The van der Waals surface area contributed by atoms with Gasteiger partial charge in [-0.25, -0.2) is 0 Å². The molecule has 0 fully saturated rings. The van der Waals surface area contributed by atoms with E-state index in [1.807, 2.05) is 42.5 Å². The molecule has 1 aromatic heterocycles. The van der Waals surface area contributed by atoms with Gasteiger partial charge in [-0.05, 0) is 36.4 Å². The number of aromatic nitrogens is 2. The molecule has 0 radical (unpaired) electrons. The van der Waals surface area contributed by atoms with E-state index in [2.05, 4.69) is 20.5 Å². The van der Waals surface area contributed by atoms with Crippen molar-refractivity contribution < 1.29 is 0 Å². The lowest BCUT2D eigenvalue weighted by molar-refractivity contribution is 1.06. The minimum atomic E-state index is -0.197. The third kappa shape index (κ3) is 2.66. The maximum atomic E-state index is 12.1. The molecule has 3 N–H and O–H groups in total. The Morgan fingerprint density at radius 2 is 1.83 bits per heavy atom. The van der Waals surface area contributed by atoms with E-state index in [0.29, 0.717) is 16.4 Å². The molecule has 1 aliphatic rings. The van der Waals surface area contributed by atoms with Crippen LogP contribution < -0.4 is 10.9 Å². The molecule has 0 spiro atoms. The van der Waals surface area contributed by atoms with E-state index in [-0.39, 0.29) is 5.56 Å². The highest BCUT2D eigenvalue weighted by Crippen LogP contribution is 2.32. The summed E-state index contributed by atoms with van der Waals surface area (Å²) in [5.41, 5.74) is 3.96. The Balaban J connectivity index is 1.71. The molecule has 0 unspecified atom stereocenters. The summed E-state index contributed by atoms with van der Waals surface area (Å²) in [6, 6.07) is 15.1. The van der Waals surface area contributed by atoms with Crippen molar-refractivity contribution in [3.63, 3.8) is 0 Å². The van der Waals surface area contributed by atoms with Gasteiger partial charge in [0.25, 0.3) is 5.56 Å². The molecule has 0 bridgehead atoms. The first-order valence-electron chi connectivity index (χ1n) is 7.39. The van der Waals surface area contributed by atoms with E-state index >= 15 is 0 Å². The number of hydrogen-bond acceptors (Lipinski definition) is 3. The summed E-state index contributed by atoms with van der Waals surface area (Å²) in [7, 11) is 0. The van der Waals surface area contributed by atoms with Crippen molar-refractivity contribution in [3.05, 3.63) is 75.0 Å². The number of nitrogens with zero attached hydrogens (tertiary/aromatic N) is 1. The second-order valence-corrected chi connectivity index (χ2v) is 5.81. The van der Waals surface area contributed by atoms with Gasteiger partial charge in [0.05, 0.1) is 11.3 Å². The Morgan fingerprint density at radius 3 is 2.67 bits per heavy atom. The molecule has 0 saturated carbocycles. The van der Waals surface area contributed by atoms with Gasteiger partial charge < -0.3 is 5.32 Å². The highest BCUT2D eigenvalue weighted by atomic mass is 35.5. The topological polar surface area (TPSA) is 73.0 Å². The number of benzene rings is 2. The van der Waals surface area contributed by atoms with Crippen LogP contribution in [0.3, 0.4) is 0 Å². The fraction of sp³-hybridized carbons (Fsp3) is 0. The van der Waals surface area contributed by atoms with Crippen LogP contribution in [0.5, 0.6) is 0 Å². The second kappa shape index (κ2) is 5.86. The van der Waals surface area contributed by atoms with Gasteiger partial charge in [-0.1, -0.05) is 29.8 Å². The molecule has 0 atom stereocenters. The highest BCUT2D eigenvalue weighted by molar-refractivity contribution is 6.30. The van der Waals surface area contributed by atoms with E-state index in [4.69, 9.17) is 11.6 Å². The summed E-state index contributed by atoms with van der Waals surface area (Å²) in [5, 5.41) is 9.31. The zero-order valence-electron chi connectivity index (χ0n) is 12.5. The standard InChI is InChI=1S/C18H13ClN4O/c19-12-5-7-13(8-6-12)21-17-15(18(24)23-22-17)9-11-10-20-16-4-2-1-3-14(11)16/h1-10H,(H3,21,22,23,24). The van der Waals surface area contributed by atoms with Crippen molar-refractivity contribution in [1.82, 2.24) is 10.2 Å². The zero-order chi connectivity index (χ0) is 16.5. The fourth-order valence-corrected chi connectivity index (χ4v) is 2.72. The van der Waals surface area contributed by atoms with E-state index < -0.39 is 0 Å². The number of halogens is 1. The number of nitrogens with one attached hydrogen (secondary N) is 3. The van der Waals surface area contributed by atoms with Gasteiger partial charge in [-0.3, -0.25) is 20.0 Å². The van der Waals surface area contributed by atoms with Gasteiger partial charge >= 0.3 is 0 Å². The molecule has 0 amide bonds. The van der Waals surface area contributed by atoms with Gasteiger partial charge in [-0.15, -0.1) is 0 Å². The Kier molecular flexibility index (Phi) is 3.55. The lowest BCUT2D eigenvalue weighted by atomic mass is 10.1. The van der Waals surface area contributed by atoms with Gasteiger partial charge in [-0.2, -0.15) is 0 Å². The number of para-hydroxylation sites is 1. The summed E-state index contributed by atoms with van der Waals surface area (Å²) in [6.45, 7) is 0. The number of aliphatic imine (C=N–C) groups is 1. The maximum Gasteiger partial charge on any atom is 0.273 e. The summed E-state index contributed by atoms with van der Waals surface area (Å²) in [4.78, 5) is 16.5. The monoisotopic (exact) mass is 336 g/mol. The molecular weight excluding hydrogens is 324 g/mol. The van der Waals surface area contributed by atoms with Gasteiger partial charge in [0.1, 0.15) is 5.82 Å². The number of allylic oxidation sites excluding steroid dienone is 1. The van der Waals surface area contributed by atoms with Gasteiger partial charge in [0, 0.05) is 28.1 Å². The first-order chi connectivity index (χ1) is 11.7. The number of rotatable bonds is 3. The Morgan fingerprint density at radius 1 is 1.04 bits per heavy atom. The second-order valence-electron chi connectivity index (χ2n) is 5.37. The molecule has 2 aromatic carbocycles. The first kappa shape index (κ1) is 14.5. The average molecular weight is 337 g/mol. The predicted molar refractivity (Wildman–Crippen MR) is 98.6 cm³/mol. The van der Waals surface area contributed by atoms with Crippen LogP contribution in [0.2, 0.25) is 5.02 Å². The van der Waals surface area contributed by atoms with Crippen LogP contribution in [0, 0.1) is 0 Å². The van der Waals surface area contributed by atoms with E-state index in [1.165, 1.54) is 0 Å². The minimum Gasteiger partial charge on any atom is -0.340 e. The Hall–Kier alpha value is -3.05. The van der Waals surface area contributed by atoms with Gasteiger partial charge in [0.2, 0.25) is 0 Å². The molecular formula is C18H13ClN4O. The first-order valence-corrected chi connectivity index (χ1v) is 7.77. The quantitative estimate of drug-likeness (QED) is 0.665. The van der Waals surface area contributed by atoms with Crippen molar-refractivity contribution in [2.75, 3.05) is 5.32 Å². The summed E-state index contributed by atoms with van der Waals surface area (Å²) < 4.78 is 0. The number of anilines is 2. The SMILES string of the molecule is O=c1[nH][nH]c(Nc2ccc(Cl)cc2)c1C=C1C=Nc2ccccc21. The molecule has 4 rings (SSSR count). The Bertz CT molecular complexity index is 1010. The van der Waals surface area contributed by atoms with E-state index in [9.17, 15) is 4.79 Å². The molecule has 118 valence electrons. The fourth-order valence-electron chi connectivity index (χ4n) is 2.59. The zero-order valence-corrected chi connectivity index (χ0v) is 13.3. The molecule has 24 heavy (non-hydrogen) atoms. The summed E-state index contributed by atoms with van der Waals surface area (Å²) in [5.74, 6) is 0.590. The van der Waals surface area contributed by atoms with Crippen molar-refractivity contribution in [2.24, 2.45) is 4.99 Å². The van der Waals surface area contributed by atoms with Crippen LogP contribution in [0.15, 0.2) is 58.3 Å². The molecule has 6 heteroatoms. The molecule has 1 aliphatic heterocycles. The van der Waals surface area contributed by atoms with Crippen LogP contribution in [0.4, 0.5) is 17.2 Å². The number of fused-ring (bicyclic) bond motifs is 1. The van der Waals surface area contributed by atoms with Gasteiger partial charge in [0.15, 0.2) is 0 Å².